The van der Waals surface area contributed by atoms with E-state index in [-0.39, 0.29) is 18.2 Å². The normalized spacial score (nSPS) is 20.1. The van der Waals surface area contributed by atoms with Crippen molar-refractivity contribution in [1.29, 1.82) is 0 Å². The lowest BCUT2D eigenvalue weighted by molar-refractivity contribution is -0.121. The van der Waals surface area contributed by atoms with Crippen molar-refractivity contribution in [2.45, 2.75) is 32.3 Å². The topological polar surface area (TPSA) is 109 Å². The number of ether oxygens (including phenoxy) is 2. The summed E-state index contributed by atoms with van der Waals surface area (Å²) in [4.78, 5) is 23.4. The molecule has 9 nitrogen and oxygen atoms in total. The fraction of sp³-hybridized carbons (Fsp3) is 0.542. The Morgan fingerprint density at radius 1 is 1.26 bits per heavy atom. The number of fused-ring (bicyclic) bond motifs is 1. The third-order valence-corrected chi connectivity index (χ3v) is 6.44. The molecule has 0 spiro atoms. The van der Waals surface area contributed by atoms with Crippen LogP contribution in [-0.2, 0) is 11.2 Å². The van der Waals surface area contributed by atoms with Gasteiger partial charge in [0.2, 0.25) is 5.91 Å². The molecule has 2 aliphatic heterocycles. The summed E-state index contributed by atoms with van der Waals surface area (Å²) in [5.41, 5.74) is 1.59. The van der Waals surface area contributed by atoms with Gasteiger partial charge in [-0.25, -0.2) is 4.98 Å². The van der Waals surface area contributed by atoms with Gasteiger partial charge in [-0.3, -0.25) is 9.78 Å². The van der Waals surface area contributed by atoms with Gasteiger partial charge in [0, 0.05) is 54.6 Å². The standard InChI is InChI=1S/C24H32ClN5O4/c1-16-24(28-6-5-26-16)27-4-2-7-30-8-3-17(20(31)15-30)14-29-22(32)12-18-11-19(25)13-21-23(18)34-10-9-33-21/h5-6,11,13,17,20,31H,2-4,7-10,12,14-15H2,1H3,(H,27,28)(H,29,32)/t17-,20+/m0/s1. The highest BCUT2D eigenvalue weighted by Crippen LogP contribution is 2.37. The third-order valence-electron chi connectivity index (χ3n) is 6.23. The number of aryl methyl sites for hydroxylation is 1. The summed E-state index contributed by atoms with van der Waals surface area (Å²) in [6, 6.07) is 3.44. The number of piperidine rings is 1. The second-order valence-corrected chi connectivity index (χ2v) is 9.19. The zero-order valence-corrected chi connectivity index (χ0v) is 20.2. The molecule has 3 heterocycles. The molecule has 0 aliphatic carbocycles. The number of carbonyl (C=O) groups is 1. The first-order chi connectivity index (χ1) is 16.5. The number of aliphatic hydroxyl groups is 1. The van der Waals surface area contributed by atoms with E-state index in [1.54, 1.807) is 24.5 Å². The molecule has 0 unspecified atom stereocenters. The van der Waals surface area contributed by atoms with Gasteiger partial charge in [0.05, 0.1) is 18.2 Å². The fourth-order valence-corrected chi connectivity index (χ4v) is 4.61. The number of carbonyl (C=O) groups excluding carboxylic acids is 1. The molecule has 1 aromatic heterocycles. The van der Waals surface area contributed by atoms with E-state index < -0.39 is 6.10 Å². The van der Waals surface area contributed by atoms with Crippen LogP contribution < -0.4 is 20.1 Å². The Bertz CT molecular complexity index is 992. The zero-order valence-electron chi connectivity index (χ0n) is 19.4. The van der Waals surface area contributed by atoms with Crippen LogP contribution in [0.4, 0.5) is 5.82 Å². The predicted molar refractivity (Wildman–Crippen MR) is 130 cm³/mol. The van der Waals surface area contributed by atoms with Gasteiger partial charge < -0.3 is 30.1 Å². The minimum absolute atomic E-state index is 0.0356. The minimum Gasteiger partial charge on any atom is -0.486 e. The van der Waals surface area contributed by atoms with E-state index in [4.69, 9.17) is 21.1 Å². The van der Waals surface area contributed by atoms with Crippen LogP contribution in [-0.4, -0.2) is 77.9 Å². The number of nitrogens with one attached hydrogen (secondary N) is 2. The van der Waals surface area contributed by atoms with Crippen LogP contribution in [0.1, 0.15) is 24.1 Å². The molecular weight excluding hydrogens is 458 g/mol. The van der Waals surface area contributed by atoms with E-state index in [9.17, 15) is 9.90 Å². The van der Waals surface area contributed by atoms with E-state index in [0.717, 1.165) is 44.0 Å². The molecule has 4 rings (SSSR count). The number of benzene rings is 1. The van der Waals surface area contributed by atoms with Crippen molar-refractivity contribution in [2.24, 2.45) is 5.92 Å². The minimum atomic E-state index is -0.472. The first-order valence-electron chi connectivity index (χ1n) is 11.8. The fourth-order valence-electron chi connectivity index (χ4n) is 4.38. The number of anilines is 1. The lowest BCUT2D eigenvalue weighted by Gasteiger charge is -2.36. The Kier molecular flexibility index (Phi) is 8.42. The quantitative estimate of drug-likeness (QED) is 0.459. The van der Waals surface area contributed by atoms with Crippen LogP contribution >= 0.6 is 11.6 Å². The molecule has 34 heavy (non-hydrogen) atoms. The Labute approximate surface area is 204 Å². The molecule has 3 N–H and O–H groups in total. The number of amides is 1. The summed E-state index contributed by atoms with van der Waals surface area (Å²) in [7, 11) is 0. The van der Waals surface area contributed by atoms with Crippen molar-refractivity contribution in [2.75, 3.05) is 51.3 Å². The van der Waals surface area contributed by atoms with Crippen LogP contribution in [0.25, 0.3) is 0 Å². The third kappa shape index (κ3) is 6.49. The van der Waals surface area contributed by atoms with Gasteiger partial charge in [-0.2, -0.15) is 0 Å². The number of hydrogen-bond acceptors (Lipinski definition) is 8. The molecule has 10 heteroatoms. The molecule has 0 bridgehead atoms. The largest absolute Gasteiger partial charge is 0.486 e. The van der Waals surface area contributed by atoms with Crippen molar-refractivity contribution >= 4 is 23.3 Å². The number of β-amino-alcohol motifs (C(OH)–C–C–N with tert-alkyl or cyclic N) is 1. The predicted octanol–water partition coefficient (Wildman–Crippen LogP) is 2.05. The molecule has 1 saturated heterocycles. The number of nitrogens with zero attached hydrogens (tertiary/aromatic N) is 3. The molecule has 2 aromatic rings. The average molecular weight is 490 g/mol. The molecule has 2 aliphatic rings. The zero-order chi connectivity index (χ0) is 23.9. The smallest absolute Gasteiger partial charge is 0.224 e. The monoisotopic (exact) mass is 489 g/mol. The van der Waals surface area contributed by atoms with Crippen molar-refractivity contribution in [3.05, 3.63) is 40.8 Å². The summed E-state index contributed by atoms with van der Waals surface area (Å²) in [6.45, 7) is 6.49. The maximum Gasteiger partial charge on any atom is 0.224 e. The van der Waals surface area contributed by atoms with Crippen molar-refractivity contribution in [3.8, 4) is 11.5 Å². The summed E-state index contributed by atoms with van der Waals surface area (Å²) >= 11 is 6.17. The number of hydrogen-bond donors (Lipinski definition) is 3. The van der Waals surface area contributed by atoms with Gasteiger partial charge in [-0.1, -0.05) is 11.6 Å². The highest BCUT2D eigenvalue weighted by molar-refractivity contribution is 6.30. The number of aliphatic hydroxyl groups excluding tert-OH is 1. The lowest BCUT2D eigenvalue weighted by Crippen LogP contribution is -2.48. The summed E-state index contributed by atoms with van der Waals surface area (Å²) in [5, 5.41) is 17.4. The van der Waals surface area contributed by atoms with Gasteiger partial charge in [0.25, 0.3) is 0 Å². The van der Waals surface area contributed by atoms with Crippen LogP contribution in [0.15, 0.2) is 24.5 Å². The summed E-state index contributed by atoms with van der Waals surface area (Å²) < 4.78 is 11.3. The SMILES string of the molecule is Cc1nccnc1NCCCN1CC[C@@H](CNC(=O)Cc2cc(Cl)cc3c2OCCO3)[C@H](O)C1. The number of likely N-dealkylation sites (tertiary alicyclic amines) is 1. The Morgan fingerprint density at radius 2 is 2.09 bits per heavy atom. The number of aromatic nitrogens is 2. The van der Waals surface area contributed by atoms with Gasteiger partial charge in [-0.15, -0.1) is 0 Å². The Balaban J connectivity index is 1.17. The van der Waals surface area contributed by atoms with E-state index in [2.05, 4.69) is 25.5 Å². The molecule has 1 aromatic carbocycles. The van der Waals surface area contributed by atoms with E-state index in [1.807, 2.05) is 6.92 Å². The van der Waals surface area contributed by atoms with Crippen LogP contribution in [0.2, 0.25) is 5.02 Å². The maximum atomic E-state index is 12.6. The maximum absolute atomic E-state index is 12.6. The van der Waals surface area contributed by atoms with Gasteiger partial charge in [0.15, 0.2) is 11.5 Å². The van der Waals surface area contributed by atoms with E-state index >= 15 is 0 Å². The van der Waals surface area contributed by atoms with Crippen molar-refractivity contribution in [3.63, 3.8) is 0 Å². The Morgan fingerprint density at radius 3 is 2.91 bits per heavy atom. The van der Waals surface area contributed by atoms with Gasteiger partial charge in [-0.05, 0) is 38.9 Å². The van der Waals surface area contributed by atoms with Gasteiger partial charge >= 0.3 is 0 Å². The Hall–Kier alpha value is -2.62. The highest BCUT2D eigenvalue weighted by Gasteiger charge is 2.28. The average Bonchev–Trinajstić information content (AvgIpc) is 2.82. The van der Waals surface area contributed by atoms with E-state index in [1.165, 1.54) is 0 Å². The van der Waals surface area contributed by atoms with Crippen molar-refractivity contribution < 1.29 is 19.4 Å². The highest BCUT2D eigenvalue weighted by atomic mass is 35.5. The van der Waals surface area contributed by atoms with Gasteiger partial charge in [0.1, 0.15) is 19.0 Å². The molecule has 0 saturated carbocycles. The molecule has 1 amide bonds. The van der Waals surface area contributed by atoms with Crippen LogP contribution in [0.5, 0.6) is 11.5 Å². The number of rotatable bonds is 9. The summed E-state index contributed by atoms with van der Waals surface area (Å²) in [6.07, 6.45) is 4.82. The molecule has 0 radical (unpaired) electrons. The molecule has 2 atom stereocenters. The number of halogens is 1. The lowest BCUT2D eigenvalue weighted by atomic mass is 9.93. The molecule has 184 valence electrons. The van der Waals surface area contributed by atoms with E-state index in [0.29, 0.717) is 48.4 Å². The van der Waals surface area contributed by atoms with Crippen molar-refractivity contribution in [1.82, 2.24) is 20.2 Å². The molecule has 1 fully saturated rings. The second-order valence-electron chi connectivity index (χ2n) is 8.76. The second kappa shape index (κ2) is 11.7. The van der Waals surface area contributed by atoms with Crippen LogP contribution in [0, 0.1) is 12.8 Å². The molecular formula is C24H32ClN5O4. The first kappa shape index (κ1) is 24.5. The summed E-state index contributed by atoms with van der Waals surface area (Å²) in [5.74, 6) is 1.89. The van der Waals surface area contributed by atoms with Crippen LogP contribution in [0.3, 0.4) is 0 Å². The first-order valence-corrected chi connectivity index (χ1v) is 12.1.